The van der Waals surface area contributed by atoms with Crippen molar-refractivity contribution in [2.75, 3.05) is 13.6 Å². The first-order chi connectivity index (χ1) is 8.25. The molecule has 1 N–H and O–H groups in total. The molecule has 4 heteroatoms. The van der Waals surface area contributed by atoms with E-state index in [2.05, 4.69) is 17.4 Å². The van der Waals surface area contributed by atoms with Gasteiger partial charge in [0.2, 0.25) is 5.91 Å². The Kier molecular flexibility index (Phi) is 6.16. The van der Waals surface area contributed by atoms with Crippen molar-refractivity contribution in [2.45, 2.75) is 31.8 Å². The molecule has 18 heavy (non-hydrogen) atoms. The third-order valence-corrected chi connectivity index (χ3v) is 3.27. The Morgan fingerprint density at radius 2 is 2.11 bits per heavy atom. The van der Waals surface area contributed by atoms with E-state index in [-0.39, 0.29) is 18.3 Å². The molecule has 3 nitrogen and oxygen atoms in total. The Hall–Kier alpha value is -1.06. The largest absolute Gasteiger partial charge is 0.341 e. The summed E-state index contributed by atoms with van der Waals surface area (Å²) >= 11 is 0. The minimum Gasteiger partial charge on any atom is -0.341 e. The Bertz CT molecular complexity index is 363. The molecule has 1 amide bonds. The van der Waals surface area contributed by atoms with Crippen LogP contribution in [0.1, 0.15) is 24.8 Å². The number of rotatable bonds is 4. The van der Waals surface area contributed by atoms with Gasteiger partial charge < -0.3 is 10.2 Å². The highest BCUT2D eigenvalue weighted by molar-refractivity contribution is 5.85. The second-order valence-corrected chi connectivity index (χ2v) is 4.73. The standard InChI is InChI=1S/C14H20N2O.ClH/c1-16(11-12-6-3-2-4-7-12)14(17)10-13-8-5-9-15-13;/h2-4,6-7,13,15H,5,8-11H2,1H3;1H. The van der Waals surface area contributed by atoms with Crippen molar-refractivity contribution in [1.29, 1.82) is 0 Å². The lowest BCUT2D eigenvalue weighted by atomic mass is 10.1. The van der Waals surface area contributed by atoms with E-state index in [1.165, 1.54) is 12.0 Å². The van der Waals surface area contributed by atoms with Crippen LogP contribution in [0.15, 0.2) is 30.3 Å². The molecule has 0 bridgehead atoms. The van der Waals surface area contributed by atoms with Crippen LogP contribution in [-0.4, -0.2) is 30.4 Å². The number of benzene rings is 1. The molecule has 0 radical (unpaired) electrons. The van der Waals surface area contributed by atoms with E-state index in [1.807, 2.05) is 30.1 Å². The number of carbonyl (C=O) groups excluding carboxylic acids is 1. The summed E-state index contributed by atoms with van der Waals surface area (Å²) in [6.45, 7) is 1.76. The predicted molar refractivity (Wildman–Crippen MR) is 75.8 cm³/mol. The van der Waals surface area contributed by atoms with Crippen LogP contribution >= 0.6 is 12.4 Å². The average molecular weight is 269 g/mol. The Morgan fingerprint density at radius 1 is 1.39 bits per heavy atom. The van der Waals surface area contributed by atoms with Gasteiger partial charge >= 0.3 is 0 Å². The predicted octanol–water partition coefficient (Wildman–Crippen LogP) is 2.21. The van der Waals surface area contributed by atoms with Gasteiger partial charge in [0.15, 0.2) is 0 Å². The highest BCUT2D eigenvalue weighted by Gasteiger charge is 2.19. The van der Waals surface area contributed by atoms with Crippen molar-refractivity contribution in [1.82, 2.24) is 10.2 Å². The summed E-state index contributed by atoms with van der Waals surface area (Å²) in [4.78, 5) is 13.8. The summed E-state index contributed by atoms with van der Waals surface area (Å²) < 4.78 is 0. The summed E-state index contributed by atoms with van der Waals surface area (Å²) in [5, 5.41) is 3.36. The maximum atomic E-state index is 12.0. The summed E-state index contributed by atoms with van der Waals surface area (Å²) in [5.41, 5.74) is 1.18. The lowest BCUT2D eigenvalue weighted by Crippen LogP contribution is -2.33. The van der Waals surface area contributed by atoms with Gasteiger partial charge in [0.05, 0.1) is 0 Å². The van der Waals surface area contributed by atoms with Gasteiger partial charge in [0, 0.05) is 26.1 Å². The van der Waals surface area contributed by atoms with E-state index in [1.54, 1.807) is 0 Å². The van der Waals surface area contributed by atoms with Gasteiger partial charge in [-0.05, 0) is 24.9 Å². The number of amides is 1. The Labute approximate surface area is 115 Å². The fourth-order valence-corrected chi connectivity index (χ4v) is 2.24. The molecular weight excluding hydrogens is 248 g/mol. The molecule has 1 heterocycles. The van der Waals surface area contributed by atoms with Crippen LogP contribution in [-0.2, 0) is 11.3 Å². The number of nitrogens with zero attached hydrogens (tertiary/aromatic N) is 1. The van der Waals surface area contributed by atoms with Crippen LogP contribution in [0, 0.1) is 0 Å². The molecule has 1 aromatic rings. The lowest BCUT2D eigenvalue weighted by Gasteiger charge is -2.19. The van der Waals surface area contributed by atoms with Gasteiger partial charge in [-0.25, -0.2) is 0 Å². The molecule has 1 atom stereocenters. The van der Waals surface area contributed by atoms with Crippen molar-refractivity contribution in [2.24, 2.45) is 0 Å². The molecule has 1 aliphatic heterocycles. The minimum absolute atomic E-state index is 0. The van der Waals surface area contributed by atoms with E-state index in [4.69, 9.17) is 0 Å². The van der Waals surface area contributed by atoms with Gasteiger partial charge in [-0.3, -0.25) is 4.79 Å². The fraction of sp³-hybridized carbons (Fsp3) is 0.500. The first kappa shape index (κ1) is 15.0. The molecule has 2 rings (SSSR count). The number of nitrogens with one attached hydrogen (secondary N) is 1. The third kappa shape index (κ3) is 4.31. The molecule has 1 fully saturated rings. The van der Waals surface area contributed by atoms with Gasteiger partial charge in [-0.2, -0.15) is 0 Å². The first-order valence-electron chi connectivity index (χ1n) is 6.27. The van der Waals surface area contributed by atoms with Crippen LogP contribution in [0.4, 0.5) is 0 Å². The topological polar surface area (TPSA) is 32.3 Å². The van der Waals surface area contributed by atoms with E-state index < -0.39 is 0 Å². The van der Waals surface area contributed by atoms with E-state index in [0.29, 0.717) is 19.0 Å². The average Bonchev–Trinajstić information content (AvgIpc) is 2.83. The fourth-order valence-electron chi connectivity index (χ4n) is 2.24. The lowest BCUT2D eigenvalue weighted by molar-refractivity contribution is -0.130. The molecule has 0 saturated carbocycles. The zero-order chi connectivity index (χ0) is 12.1. The number of carbonyl (C=O) groups is 1. The molecular formula is C14H21ClN2O. The molecule has 1 aliphatic rings. The molecule has 100 valence electrons. The van der Waals surface area contributed by atoms with Crippen LogP contribution < -0.4 is 5.32 Å². The van der Waals surface area contributed by atoms with Crippen molar-refractivity contribution in [3.63, 3.8) is 0 Å². The third-order valence-electron chi connectivity index (χ3n) is 3.27. The van der Waals surface area contributed by atoms with E-state index in [0.717, 1.165) is 13.0 Å². The van der Waals surface area contributed by atoms with Crippen LogP contribution in [0.5, 0.6) is 0 Å². The molecule has 0 aliphatic carbocycles. The highest BCUT2D eigenvalue weighted by Crippen LogP contribution is 2.11. The zero-order valence-electron chi connectivity index (χ0n) is 10.8. The van der Waals surface area contributed by atoms with Gasteiger partial charge in [0.25, 0.3) is 0 Å². The van der Waals surface area contributed by atoms with Gasteiger partial charge in [-0.1, -0.05) is 30.3 Å². The SMILES string of the molecule is CN(Cc1ccccc1)C(=O)CC1CCCN1.Cl. The van der Waals surface area contributed by atoms with Crippen molar-refractivity contribution in [3.05, 3.63) is 35.9 Å². The normalized spacial score (nSPS) is 18.2. The maximum absolute atomic E-state index is 12.0. The molecule has 0 aromatic heterocycles. The van der Waals surface area contributed by atoms with E-state index in [9.17, 15) is 4.79 Å². The Morgan fingerprint density at radius 3 is 2.72 bits per heavy atom. The quantitative estimate of drug-likeness (QED) is 0.908. The van der Waals surface area contributed by atoms with Crippen molar-refractivity contribution >= 4 is 18.3 Å². The number of hydrogen-bond acceptors (Lipinski definition) is 2. The minimum atomic E-state index is 0. The van der Waals surface area contributed by atoms with Crippen LogP contribution in [0.2, 0.25) is 0 Å². The van der Waals surface area contributed by atoms with Crippen molar-refractivity contribution < 1.29 is 4.79 Å². The summed E-state index contributed by atoms with van der Waals surface area (Å²) in [7, 11) is 1.88. The molecule has 0 spiro atoms. The van der Waals surface area contributed by atoms with Gasteiger partial charge in [-0.15, -0.1) is 12.4 Å². The molecule has 1 unspecified atom stereocenters. The van der Waals surface area contributed by atoms with Crippen molar-refractivity contribution in [3.8, 4) is 0 Å². The Balaban J connectivity index is 0.00000162. The second kappa shape index (κ2) is 7.39. The maximum Gasteiger partial charge on any atom is 0.224 e. The highest BCUT2D eigenvalue weighted by atomic mass is 35.5. The summed E-state index contributed by atoms with van der Waals surface area (Å²) in [6, 6.07) is 10.5. The molecule has 1 saturated heterocycles. The smallest absolute Gasteiger partial charge is 0.224 e. The second-order valence-electron chi connectivity index (χ2n) is 4.73. The number of hydrogen-bond donors (Lipinski definition) is 1. The van der Waals surface area contributed by atoms with Crippen LogP contribution in [0.3, 0.4) is 0 Å². The monoisotopic (exact) mass is 268 g/mol. The summed E-state index contributed by atoms with van der Waals surface area (Å²) in [5.74, 6) is 0.230. The zero-order valence-corrected chi connectivity index (χ0v) is 11.6. The summed E-state index contributed by atoms with van der Waals surface area (Å²) in [6.07, 6.45) is 2.95. The van der Waals surface area contributed by atoms with Crippen LogP contribution in [0.25, 0.3) is 0 Å². The van der Waals surface area contributed by atoms with Gasteiger partial charge in [0.1, 0.15) is 0 Å². The molecule has 1 aromatic carbocycles. The first-order valence-corrected chi connectivity index (χ1v) is 6.27. The van der Waals surface area contributed by atoms with E-state index >= 15 is 0 Å². The number of halogens is 1.